The van der Waals surface area contributed by atoms with Gasteiger partial charge in [-0.25, -0.2) is 0 Å². The second-order valence-electron chi connectivity index (χ2n) is 4.65. The van der Waals surface area contributed by atoms with E-state index in [4.69, 9.17) is 4.74 Å². The van der Waals surface area contributed by atoms with Gasteiger partial charge >= 0.3 is 0 Å². The summed E-state index contributed by atoms with van der Waals surface area (Å²) in [4.78, 5) is 10.5. The molecule has 1 heterocycles. The van der Waals surface area contributed by atoms with Crippen molar-refractivity contribution in [2.45, 2.75) is 32.3 Å². The van der Waals surface area contributed by atoms with Gasteiger partial charge < -0.3 is 4.74 Å². The second kappa shape index (κ2) is 5.18. The summed E-state index contributed by atoms with van der Waals surface area (Å²) in [5.74, 6) is 0. The average Bonchev–Trinajstić information content (AvgIpc) is 2.58. The lowest BCUT2D eigenvalue weighted by Crippen LogP contribution is -2.21. The molecule has 0 bridgehead atoms. The molecule has 0 radical (unpaired) electrons. The zero-order valence-electron chi connectivity index (χ0n) is 9.41. The molecule has 84 valence electrons. The minimum Gasteiger partial charge on any atom is -0.375 e. The first-order chi connectivity index (χ1) is 7.03. The van der Waals surface area contributed by atoms with Crippen LogP contribution in [0.5, 0.6) is 0 Å². The SMILES string of the molecule is C[Si](C)(C)CCOCc1nn[nH]c1C=O. The summed E-state index contributed by atoms with van der Waals surface area (Å²) in [6.45, 7) is 7.96. The van der Waals surface area contributed by atoms with Crippen molar-refractivity contribution < 1.29 is 9.53 Å². The van der Waals surface area contributed by atoms with Gasteiger partial charge in [0.05, 0.1) is 6.61 Å². The highest BCUT2D eigenvalue weighted by atomic mass is 28.3. The fourth-order valence-electron chi connectivity index (χ4n) is 1.01. The zero-order chi connectivity index (χ0) is 11.3. The van der Waals surface area contributed by atoms with Gasteiger partial charge in [-0.2, -0.15) is 0 Å². The van der Waals surface area contributed by atoms with E-state index in [1.807, 2.05) is 0 Å². The molecule has 5 nitrogen and oxygen atoms in total. The summed E-state index contributed by atoms with van der Waals surface area (Å²) in [5, 5.41) is 9.83. The van der Waals surface area contributed by atoms with E-state index in [0.717, 1.165) is 12.7 Å². The number of nitrogens with one attached hydrogen (secondary N) is 1. The van der Waals surface area contributed by atoms with E-state index >= 15 is 0 Å². The molecule has 0 spiro atoms. The van der Waals surface area contributed by atoms with Crippen LogP contribution in [-0.2, 0) is 11.3 Å². The van der Waals surface area contributed by atoms with Gasteiger partial charge in [-0.3, -0.25) is 9.89 Å². The molecule has 0 aliphatic rings. The first kappa shape index (κ1) is 12.1. The van der Waals surface area contributed by atoms with E-state index < -0.39 is 8.07 Å². The zero-order valence-corrected chi connectivity index (χ0v) is 10.4. The molecule has 1 rings (SSSR count). The topological polar surface area (TPSA) is 67.9 Å². The van der Waals surface area contributed by atoms with Crippen LogP contribution < -0.4 is 0 Å². The molecule has 15 heavy (non-hydrogen) atoms. The van der Waals surface area contributed by atoms with Gasteiger partial charge in [0.1, 0.15) is 11.4 Å². The summed E-state index contributed by atoms with van der Waals surface area (Å²) in [6, 6.07) is 1.11. The first-order valence-electron chi connectivity index (χ1n) is 4.96. The Morgan fingerprint density at radius 2 is 2.20 bits per heavy atom. The van der Waals surface area contributed by atoms with Crippen molar-refractivity contribution in [3.63, 3.8) is 0 Å². The van der Waals surface area contributed by atoms with E-state index in [2.05, 4.69) is 35.1 Å². The molecule has 0 aromatic carbocycles. The van der Waals surface area contributed by atoms with Crippen LogP contribution in [0.1, 0.15) is 16.2 Å². The molecule has 0 aliphatic heterocycles. The van der Waals surface area contributed by atoms with Crippen molar-refractivity contribution in [3.05, 3.63) is 11.4 Å². The lowest BCUT2D eigenvalue weighted by molar-refractivity contribution is 0.110. The van der Waals surface area contributed by atoms with Crippen molar-refractivity contribution in [2.24, 2.45) is 0 Å². The van der Waals surface area contributed by atoms with Gasteiger partial charge in [0.2, 0.25) is 0 Å². The van der Waals surface area contributed by atoms with Crippen molar-refractivity contribution in [1.29, 1.82) is 0 Å². The number of hydrogen-bond donors (Lipinski definition) is 1. The molecule has 1 aromatic heterocycles. The molecule has 0 fully saturated rings. The summed E-state index contributed by atoms with van der Waals surface area (Å²) >= 11 is 0. The number of rotatable bonds is 6. The van der Waals surface area contributed by atoms with Crippen LogP contribution in [0.15, 0.2) is 0 Å². The average molecular weight is 227 g/mol. The molecular weight excluding hydrogens is 210 g/mol. The van der Waals surface area contributed by atoms with Crippen molar-refractivity contribution in [2.75, 3.05) is 6.61 Å². The predicted octanol–water partition coefficient (Wildman–Crippen LogP) is 1.47. The van der Waals surface area contributed by atoms with Crippen LogP contribution in [0.2, 0.25) is 25.7 Å². The molecule has 0 saturated carbocycles. The van der Waals surface area contributed by atoms with Crippen molar-refractivity contribution in [1.82, 2.24) is 15.4 Å². The monoisotopic (exact) mass is 227 g/mol. The minimum absolute atomic E-state index is 0.356. The van der Waals surface area contributed by atoms with E-state index in [0.29, 0.717) is 24.3 Å². The molecule has 0 aliphatic carbocycles. The third-order valence-corrected chi connectivity index (χ3v) is 3.71. The number of aldehydes is 1. The Hall–Kier alpha value is -1.01. The maximum Gasteiger partial charge on any atom is 0.169 e. The normalized spacial score (nSPS) is 11.7. The van der Waals surface area contributed by atoms with Gasteiger partial charge in [-0.1, -0.05) is 24.9 Å². The van der Waals surface area contributed by atoms with Crippen LogP contribution in [0.4, 0.5) is 0 Å². The maximum atomic E-state index is 10.5. The van der Waals surface area contributed by atoms with Gasteiger partial charge in [-0.05, 0) is 6.04 Å². The van der Waals surface area contributed by atoms with Crippen LogP contribution in [0.3, 0.4) is 0 Å². The van der Waals surface area contributed by atoms with Crippen molar-refractivity contribution in [3.8, 4) is 0 Å². The minimum atomic E-state index is -1.04. The lowest BCUT2D eigenvalue weighted by Gasteiger charge is -2.14. The number of aromatic nitrogens is 3. The van der Waals surface area contributed by atoms with Crippen LogP contribution in [-0.4, -0.2) is 36.4 Å². The summed E-state index contributed by atoms with van der Waals surface area (Å²) in [6.07, 6.45) is 0.706. The molecule has 0 saturated heterocycles. The fourth-order valence-corrected chi connectivity index (χ4v) is 1.76. The number of H-pyrrole nitrogens is 1. The van der Waals surface area contributed by atoms with Crippen LogP contribution in [0.25, 0.3) is 0 Å². The summed E-state index contributed by atoms with van der Waals surface area (Å²) in [5.41, 5.74) is 0.989. The number of aromatic amines is 1. The maximum absolute atomic E-state index is 10.5. The number of nitrogens with zero attached hydrogens (tertiary/aromatic N) is 2. The number of carbonyl (C=O) groups excluding carboxylic acids is 1. The molecular formula is C9H17N3O2Si. The standard InChI is InChI=1S/C9H17N3O2Si/c1-15(2,3)5-4-14-7-9-8(6-13)10-12-11-9/h6H,4-5,7H2,1-3H3,(H,10,11,12). The Balaban J connectivity index is 2.29. The highest BCUT2D eigenvalue weighted by Gasteiger charge is 2.12. The van der Waals surface area contributed by atoms with E-state index in [9.17, 15) is 4.79 Å². The summed E-state index contributed by atoms with van der Waals surface area (Å²) < 4.78 is 5.45. The third kappa shape index (κ3) is 4.35. The summed E-state index contributed by atoms with van der Waals surface area (Å²) in [7, 11) is -1.04. The Morgan fingerprint density at radius 1 is 1.47 bits per heavy atom. The highest BCUT2D eigenvalue weighted by molar-refractivity contribution is 6.76. The van der Waals surface area contributed by atoms with Gasteiger partial charge in [0.25, 0.3) is 0 Å². The Labute approximate surface area is 90.2 Å². The Morgan fingerprint density at radius 3 is 2.80 bits per heavy atom. The number of hydrogen-bond acceptors (Lipinski definition) is 4. The van der Waals surface area contributed by atoms with Crippen LogP contribution in [0, 0.1) is 0 Å². The second-order valence-corrected chi connectivity index (χ2v) is 10.3. The molecule has 0 amide bonds. The van der Waals surface area contributed by atoms with E-state index in [1.54, 1.807) is 0 Å². The molecule has 0 unspecified atom stereocenters. The molecule has 1 aromatic rings. The van der Waals surface area contributed by atoms with Crippen LogP contribution >= 0.6 is 0 Å². The highest BCUT2D eigenvalue weighted by Crippen LogP contribution is 2.08. The van der Waals surface area contributed by atoms with E-state index in [1.165, 1.54) is 0 Å². The largest absolute Gasteiger partial charge is 0.375 e. The molecule has 1 N–H and O–H groups in total. The van der Waals surface area contributed by atoms with Gasteiger partial charge in [0.15, 0.2) is 6.29 Å². The Kier molecular flexibility index (Phi) is 4.16. The number of ether oxygens (including phenoxy) is 1. The quantitative estimate of drug-likeness (QED) is 0.454. The lowest BCUT2D eigenvalue weighted by atomic mass is 10.3. The molecule has 0 atom stereocenters. The van der Waals surface area contributed by atoms with Crippen molar-refractivity contribution >= 4 is 14.4 Å². The fraction of sp³-hybridized carbons (Fsp3) is 0.667. The number of carbonyl (C=O) groups is 1. The van der Waals surface area contributed by atoms with E-state index in [-0.39, 0.29) is 0 Å². The van der Waals surface area contributed by atoms with Gasteiger partial charge in [-0.15, -0.1) is 5.10 Å². The Bertz CT molecular complexity index is 319. The first-order valence-corrected chi connectivity index (χ1v) is 8.66. The molecule has 6 heteroatoms. The van der Waals surface area contributed by atoms with Gasteiger partial charge in [0, 0.05) is 14.7 Å². The smallest absolute Gasteiger partial charge is 0.169 e. The third-order valence-electron chi connectivity index (χ3n) is 2.01. The predicted molar refractivity (Wildman–Crippen MR) is 59.6 cm³/mol.